The highest BCUT2D eigenvalue weighted by molar-refractivity contribution is 14.1. The van der Waals surface area contributed by atoms with Gasteiger partial charge in [-0.3, -0.25) is 9.80 Å². The summed E-state index contributed by atoms with van der Waals surface area (Å²) in [7, 11) is 0. The molecule has 0 amide bonds. The molecule has 0 aromatic carbocycles. The molecule has 1 unspecified atom stereocenters. The van der Waals surface area contributed by atoms with Gasteiger partial charge in [-0.25, -0.2) is 9.97 Å². The molecule has 3 aliphatic heterocycles. The van der Waals surface area contributed by atoms with Crippen LogP contribution in [-0.4, -0.2) is 52.5 Å². The van der Waals surface area contributed by atoms with Crippen LogP contribution in [0.4, 0.5) is 0 Å². The maximum Gasteiger partial charge on any atom is 0.148 e. The van der Waals surface area contributed by atoms with Gasteiger partial charge >= 0.3 is 0 Å². The first-order valence-corrected chi connectivity index (χ1v) is 8.68. The van der Waals surface area contributed by atoms with E-state index in [1.54, 1.807) is 0 Å². The number of aromatic nitrogens is 2. The lowest BCUT2D eigenvalue weighted by Gasteiger charge is -2.46. The predicted octanol–water partition coefficient (Wildman–Crippen LogP) is 2.61. The molecule has 4 nitrogen and oxygen atoms in total. The molecule has 20 heavy (non-hydrogen) atoms. The summed E-state index contributed by atoms with van der Waals surface area (Å²) in [4.78, 5) is 14.4. The van der Waals surface area contributed by atoms with Crippen LogP contribution in [0.3, 0.4) is 0 Å². The van der Waals surface area contributed by atoms with Crippen molar-refractivity contribution in [1.82, 2.24) is 19.8 Å². The Labute approximate surface area is 139 Å². The Bertz CT molecular complexity index is 500. The highest BCUT2D eigenvalue weighted by Gasteiger charge is 2.35. The Kier molecular flexibility index (Phi) is 4.50. The van der Waals surface area contributed by atoms with Crippen LogP contribution in [0.5, 0.6) is 0 Å². The van der Waals surface area contributed by atoms with Gasteiger partial charge in [-0.05, 0) is 34.9 Å². The van der Waals surface area contributed by atoms with Crippen molar-refractivity contribution < 1.29 is 0 Å². The van der Waals surface area contributed by atoms with Crippen LogP contribution in [0.15, 0.2) is 0 Å². The maximum atomic E-state index is 6.33. The zero-order chi connectivity index (χ0) is 14.3. The van der Waals surface area contributed by atoms with Crippen molar-refractivity contribution in [3.8, 4) is 0 Å². The topological polar surface area (TPSA) is 32.3 Å². The first-order chi connectivity index (χ1) is 9.54. The van der Waals surface area contributed by atoms with Gasteiger partial charge in [-0.2, -0.15) is 0 Å². The van der Waals surface area contributed by atoms with Crippen molar-refractivity contribution in [1.29, 1.82) is 0 Å². The molecule has 2 bridgehead atoms. The van der Waals surface area contributed by atoms with Gasteiger partial charge in [-0.1, -0.05) is 25.4 Å². The molecule has 3 fully saturated rings. The third kappa shape index (κ3) is 2.96. The van der Waals surface area contributed by atoms with Gasteiger partial charge in [0.25, 0.3) is 0 Å². The number of piperazine rings is 3. The maximum absolute atomic E-state index is 6.33. The standard InChI is InChI=1S/C14H20ClIN4/c1-9(2)7-10-12(16)13(15)18-14(17-10)11-8-19-3-5-20(11)6-4-19/h9,11H,3-8H2,1-2H3. The smallest absolute Gasteiger partial charge is 0.148 e. The molecule has 1 aromatic heterocycles. The first kappa shape index (κ1) is 14.9. The molecule has 6 heteroatoms. The quantitative estimate of drug-likeness (QED) is 0.570. The Morgan fingerprint density at radius 2 is 1.95 bits per heavy atom. The summed E-state index contributed by atoms with van der Waals surface area (Å²) in [5, 5.41) is 0.615. The van der Waals surface area contributed by atoms with Crippen LogP contribution in [0.25, 0.3) is 0 Å². The van der Waals surface area contributed by atoms with E-state index in [0.717, 1.165) is 41.1 Å². The lowest BCUT2D eigenvalue weighted by molar-refractivity contribution is 0.00853. The van der Waals surface area contributed by atoms with Gasteiger partial charge in [-0.15, -0.1) is 0 Å². The Morgan fingerprint density at radius 3 is 2.50 bits per heavy atom. The Balaban J connectivity index is 1.91. The molecule has 0 radical (unpaired) electrons. The Hall–Kier alpha value is 0.0200. The van der Waals surface area contributed by atoms with Crippen molar-refractivity contribution in [3.05, 3.63) is 20.2 Å². The van der Waals surface area contributed by atoms with Crippen LogP contribution < -0.4 is 0 Å². The SMILES string of the molecule is CC(C)Cc1nc(C2CN3CCN2CC3)nc(Cl)c1I. The van der Waals surface area contributed by atoms with E-state index in [-0.39, 0.29) is 0 Å². The second kappa shape index (κ2) is 6.02. The normalized spacial score (nSPS) is 29.1. The summed E-state index contributed by atoms with van der Waals surface area (Å²) in [6.45, 7) is 10.1. The summed E-state index contributed by atoms with van der Waals surface area (Å²) >= 11 is 8.60. The molecule has 0 spiro atoms. The van der Waals surface area contributed by atoms with Gasteiger partial charge in [0.2, 0.25) is 0 Å². The zero-order valence-electron chi connectivity index (χ0n) is 11.9. The van der Waals surface area contributed by atoms with Gasteiger partial charge in [0, 0.05) is 32.7 Å². The monoisotopic (exact) mass is 406 g/mol. The molecule has 3 saturated heterocycles. The highest BCUT2D eigenvalue weighted by atomic mass is 127. The van der Waals surface area contributed by atoms with Gasteiger partial charge in [0.1, 0.15) is 11.0 Å². The molecule has 0 N–H and O–H groups in total. The van der Waals surface area contributed by atoms with Gasteiger partial charge < -0.3 is 0 Å². The molecule has 1 aromatic rings. The molecule has 1 atom stereocenters. The molecule has 4 heterocycles. The van der Waals surface area contributed by atoms with Crippen molar-refractivity contribution in [3.63, 3.8) is 0 Å². The minimum absolute atomic E-state index is 0.318. The zero-order valence-corrected chi connectivity index (χ0v) is 14.9. The number of hydrogen-bond acceptors (Lipinski definition) is 4. The number of halogens is 2. The third-order valence-corrected chi connectivity index (χ3v) is 5.80. The number of hydrogen-bond donors (Lipinski definition) is 0. The van der Waals surface area contributed by atoms with Crippen molar-refractivity contribution in [2.45, 2.75) is 26.3 Å². The first-order valence-electron chi connectivity index (χ1n) is 7.23. The lowest BCUT2D eigenvalue weighted by atomic mass is 10.1. The molecule has 4 rings (SSSR count). The molecular weight excluding hydrogens is 387 g/mol. The molecule has 110 valence electrons. The molecular formula is C14H20ClIN4. The second-order valence-electron chi connectivity index (χ2n) is 6.08. The summed E-state index contributed by atoms with van der Waals surface area (Å²) in [5.41, 5.74) is 1.10. The summed E-state index contributed by atoms with van der Waals surface area (Å²) in [6.07, 6.45) is 0.962. The molecule has 0 aliphatic carbocycles. The van der Waals surface area contributed by atoms with E-state index >= 15 is 0 Å². The fourth-order valence-corrected chi connectivity index (χ4v) is 3.67. The van der Waals surface area contributed by atoms with Crippen LogP contribution in [0.2, 0.25) is 5.15 Å². The van der Waals surface area contributed by atoms with Crippen LogP contribution >= 0.6 is 34.2 Å². The minimum Gasteiger partial charge on any atom is -0.299 e. The summed E-state index contributed by atoms with van der Waals surface area (Å²) in [6, 6.07) is 0.318. The molecule has 3 aliphatic rings. The van der Waals surface area contributed by atoms with E-state index < -0.39 is 0 Å². The fraction of sp³-hybridized carbons (Fsp3) is 0.714. The van der Waals surface area contributed by atoms with E-state index in [2.05, 4.69) is 51.2 Å². The average molecular weight is 407 g/mol. The third-order valence-electron chi connectivity index (χ3n) is 4.08. The van der Waals surface area contributed by atoms with E-state index in [1.807, 2.05) is 0 Å². The van der Waals surface area contributed by atoms with Crippen molar-refractivity contribution in [2.75, 3.05) is 32.7 Å². The predicted molar refractivity (Wildman–Crippen MR) is 89.1 cm³/mol. The van der Waals surface area contributed by atoms with E-state index in [0.29, 0.717) is 17.1 Å². The van der Waals surface area contributed by atoms with E-state index in [1.165, 1.54) is 13.1 Å². The summed E-state index contributed by atoms with van der Waals surface area (Å²) < 4.78 is 1.01. The minimum atomic E-state index is 0.318. The van der Waals surface area contributed by atoms with Gasteiger partial charge in [0.15, 0.2) is 0 Å². The van der Waals surface area contributed by atoms with E-state index in [9.17, 15) is 0 Å². The average Bonchev–Trinajstić information content (AvgIpc) is 2.44. The number of rotatable bonds is 3. The van der Waals surface area contributed by atoms with Crippen LogP contribution in [-0.2, 0) is 6.42 Å². The Morgan fingerprint density at radius 1 is 1.25 bits per heavy atom. The van der Waals surface area contributed by atoms with Gasteiger partial charge in [0.05, 0.1) is 15.3 Å². The number of fused-ring (bicyclic) bond motifs is 3. The second-order valence-corrected chi connectivity index (χ2v) is 7.52. The highest BCUT2D eigenvalue weighted by Crippen LogP contribution is 2.29. The van der Waals surface area contributed by atoms with Crippen molar-refractivity contribution in [2.24, 2.45) is 5.92 Å². The molecule has 0 saturated carbocycles. The summed E-state index contributed by atoms with van der Waals surface area (Å²) in [5.74, 6) is 1.49. The lowest BCUT2D eigenvalue weighted by Crippen LogP contribution is -2.57. The van der Waals surface area contributed by atoms with Crippen LogP contribution in [0, 0.1) is 9.49 Å². The largest absolute Gasteiger partial charge is 0.299 e. The number of nitrogens with zero attached hydrogens (tertiary/aromatic N) is 4. The van der Waals surface area contributed by atoms with Crippen molar-refractivity contribution >= 4 is 34.2 Å². The fourth-order valence-electron chi connectivity index (χ4n) is 3.01. The van der Waals surface area contributed by atoms with Crippen LogP contribution in [0.1, 0.15) is 31.4 Å². The van der Waals surface area contributed by atoms with E-state index in [4.69, 9.17) is 16.6 Å².